The summed E-state index contributed by atoms with van der Waals surface area (Å²) in [6.45, 7) is 0. The van der Waals surface area contributed by atoms with Gasteiger partial charge in [-0.05, 0) is 6.08 Å². The van der Waals surface area contributed by atoms with Gasteiger partial charge in [0.2, 0.25) is 0 Å². The van der Waals surface area contributed by atoms with Crippen molar-refractivity contribution in [2.75, 3.05) is 0 Å². The summed E-state index contributed by atoms with van der Waals surface area (Å²) in [5.41, 5.74) is 0. The van der Waals surface area contributed by atoms with E-state index in [1.54, 1.807) is 0 Å². The number of nitrogens with zero attached hydrogens (tertiary/aromatic N) is 1. The van der Waals surface area contributed by atoms with E-state index in [1.807, 2.05) is 0 Å². The minimum atomic E-state index is -1.37. The van der Waals surface area contributed by atoms with Crippen molar-refractivity contribution >= 4 is 5.91 Å². The summed E-state index contributed by atoms with van der Waals surface area (Å²) in [5, 5.41) is 8.16. The van der Waals surface area contributed by atoms with Crippen molar-refractivity contribution in [2.24, 2.45) is 0 Å². The molecule has 0 spiro atoms. The number of carbonyl (C=O) groups excluding carboxylic acids is 1. The maximum atomic E-state index is 11.9. The number of hydrogen-bond donors (Lipinski definition) is 1. The standard InChI is InChI=1S/C4H4FNO2/c5-6-3(7)1-2-4(6)8/h1-3,7H. The topological polar surface area (TPSA) is 40.5 Å². The number of amides is 1. The van der Waals surface area contributed by atoms with Gasteiger partial charge < -0.3 is 5.11 Å². The highest BCUT2D eigenvalue weighted by Gasteiger charge is 2.22. The molecule has 0 aliphatic carbocycles. The van der Waals surface area contributed by atoms with Crippen molar-refractivity contribution in [3.05, 3.63) is 12.2 Å². The van der Waals surface area contributed by atoms with Gasteiger partial charge in [0.05, 0.1) is 0 Å². The molecule has 8 heavy (non-hydrogen) atoms. The van der Waals surface area contributed by atoms with Crippen LogP contribution in [0.5, 0.6) is 0 Å². The Morgan fingerprint density at radius 1 is 1.88 bits per heavy atom. The van der Waals surface area contributed by atoms with Crippen LogP contribution in [0.2, 0.25) is 0 Å². The second kappa shape index (κ2) is 1.56. The van der Waals surface area contributed by atoms with E-state index in [-0.39, 0.29) is 5.12 Å². The zero-order valence-electron chi connectivity index (χ0n) is 3.91. The van der Waals surface area contributed by atoms with E-state index in [4.69, 9.17) is 5.11 Å². The minimum absolute atomic E-state index is 0.250. The van der Waals surface area contributed by atoms with E-state index in [0.29, 0.717) is 0 Å². The maximum absolute atomic E-state index is 11.9. The molecule has 0 saturated heterocycles. The lowest BCUT2D eigenvalue weighted by atomic mass is 10.5. The molecule has 0 fully saturated rings. The fourth-order valence-electron chi connectivity index (χ4n) is 0.446. The smallest absolute Gasteiger partial charge is 0.276 e. The van der Waals surface area contributed by atoms with E-state index >= 15 is 0 Å². The van der Waals surface area contributed by atoms with E-state index in [2.05, 4.69) is 0 Å². The molecule has 1 amide bonds. The number of rotatable bonds is 0. The number of hydrogen-bond acceptors (Lipinski definition) is 2. The quantitative estimate of drug-likeness (QED) is 0.438. The average Bonchev–Trinajstić information content (AvgIpc) is 1.98. The molecule has 1 aliphatic rings. The molecule has 1 heterocycles. The summed E-state index contributed by atoms with van der Waals surface area (Å²) in [4.78, 5) is 10.1. The first-order valence-corrected chi connectivity index (χ1v) is 2.07. The molecule has 0 aromatic carbocycles. The van der Waals surface area contributed by atoms with Crippen LogP contribution in [0.3, 0.4) is 0 Å². The third-order valence-corrected chi connectivity index (χ3v) is 0.854. The Labute approximate surface area is 45.0 Å². The van der Waals surface area contributed by atoms with Gasteiger partial charge in [0.25, 0.3) is 5.91 Å². The Morgan fingerprint density at radius 2 is 2.50 bits per heavy atom. The van der Waals surface area contributed by atoms with Crippen LogP contribution in [-0.2, 0) is 4.79 Å². The van der Waals surface area contributed by atoms with Crippen LogP contribution in [0, 0.1) is 0 Å². The van der Waals surface area contributed by atoms with Crippen LogP contribution < -0.4 is 0 Å². The number of aliphatic hydroxyl groups is 1. The Hall–Kier alpha value is -0.900. The van der Waals surface area contributed by atoms with Crippen molar-refractivity contribution in [2.45, 2.75) is 6.23 Å². The summed E-state index contributed by atoms with van der Waals surface area (Å²) in [6, 6.07) is 0. The van der Waals surface area contributed by atoms with Gasteiger partial charge in [0.15, 0.2) is 6.23 Å². The molecule has 1 atom stereocenters. The van der Waals surface area contributed by atoms with Gasteiger partial charge in [0, 0.05) is 6.08 Å². The summed E-state index contributed by atoms with van der Waals surface area (Å²) < 4.78 is 11.9. The van der Waals surface area contributed by atoms with E-state index in [9.17, 15) is 9.28 Å². The zero-order valence-corrected chi connectivity index (χ0v) is 3.91. The van der Waals surface area contributed by atoms with Gasteiger partial charge in [-0.15, -0.1) is 5.12 Å². The Morgan fingerprint density at radius 3 is 2.62 bits per heavy atom. The minimum Gasteiger partial charge on any atom is -0.368 e. The molecule has 4 heteroatoms. The van der Waals surface area contributed by atoms with Gasteiger partial charge in [-0.25, -0.2) is 0 Å². The normalized spacial score (nSPS) is 27.5. The Kier molecular flexibility index (Phi) is 1.02. The van der Waals surface area contributed by atoms with Crippen LogP contribution >= 0.6 is 0 Å². The van der Waals surface area contributed by atoms with Crippen molar-refractivity contribution in [1.29, 1.82) is 0 Å². The van der Waals surface area contributed by atoms with E-state index in [0.717, 1.165) is 12.2 Å². The van der Waals surface area contributed by atoms with Crippen LogP contribution in [-0.4, -0.2) is 22.4 Å². The molecule has 1 N–H and O–H groups in total. The average molecular weight is 117 g/mol. The van der Waals surface area contributed by atoms with Crippen LogP contribution in [0.15, 0.2) is 12.2 Å². The van der Waals surface area contributed by atoms with Crippen LogP contribution in [0.1, 0.15) is 0 Å². The van der Waals surface area contributed by atoms with Gasteiger partial charge in [-0.2, -0.15) is 0 Å². The largest absolute Gasteiger partial charge is 0.368 e. The predicted molar refractivity (Wildman–Crippen MR) is 23.1 cm³/mol. The summed E-state index contributed by atoms with van der Waals surface area (Å²) in [6.07, 6.45) is 0.676. The van der Waals surface area contributed by atoms with Crippen molar-refractivity contribution < 1.29 is 14.4 Å². The van der Waals surface area contributed by atoms with Gasteiger partial charge in [0.1, 0.15) is 0 Å². The molecular weight excluding hydrogens is 113 g/mol. The first-order chi connectivity index (χ1) is 3.72. The summed E-state index contributed by atoms with van der Waals surface area (Å²) in [7, 11) is 0. The summed E-state index contributed by atoms with van der Waals surface area (Å²) in [5.74, 6) is -0.808. The molecular formula is C4H4FNO2. The van der Waals surface area contributed by atoms with Crippen molar-refractivity contribution in [1.82, 2.24) is 5.12 Å². The SMILES string of the molecule is O=C1C=CC(O)N1F. The number of aliphatic hydroxyl groups excluding tert-OH is 1. The highest BCUT2D eigenvalue weighted by molar-refractivity contribution is 5.89. The van der Waals surface area contributed by atoms with Gasteiger partial charge in [-0.1, -0.05) is 4.48 Å². The lowest BCUT2D eigenvalue weighted by molar-refractivity contribution is -0.154. The molecule has 0 saturated carbocycles. The lowest BCUT2D eigenvalue weighted by Gasteiger charge is -2.05. The molecule has 0 aromatic heterocycles. The highest BCUT2D eigenvalue weighted by atomic mass is 19.2. The summed E-state index contributed by atoms with van der Waals surface area (Å²) >= 11 is 0. The molecule has 0 radical (unpaired) electrons. The van der Waals surface area contributed by atoms with Gasteiger partial charge >= 0.3 is 0 Å². The van der Waals surface area contributed by atoms with E-state index in [1.165, 1.54) is 0 Å². The predicted octanol–water partition coefficient (Wildman–Crippen LogP) is -0.412. The molecule has 1 rings (SSSR count). The Balaban J connectivity index is 2.69. The molecule has 0 bridgehead atoms. The van der Waals surface area contributed by atoms with Crippen molar-refractivity contribution in [3.63, 3.8) is 0 Å². The fourth-order valence-corrected chi connectivity index (χ4v) is 0.446. The first kappa shape index (κ1) is 5.24. The zero-order chi connectivity index (χ0) is 6.15. The molecule has 3 nitrogen and oxygen atoms in total. The third kappa shape index (κ3) is 0.586. The Bertz CT molecular complexity index is 145. The van der Waals surface area contributed by atoms with E-state index < -0.39 is 12.1 Å². The van der Waals surface area contributed by atoms with Crippen LogP contribution in [0.4, 0.5) is 4.48 Å². The van der Waals surface area contributed by atoms with Crippen molar-refractivity contribution in [3.8, 4) is 0 Å². The lowest BCUT2D eigenvalue weighted by Crippen LogP contribution is -2.24. The number of halogens is 1. The second-order valence-corrected chi connectivity index (χ2v) is 1.42. The number of carbonyl (C=O) groups is 1. The maximum Gasteiger partial charge on any atom is 0.276 e. The monoisotopic (exact) mass is 117 g/mol. The molecule has 1 aliphatic heterocycles. The van der Waals surface area contributed by atoms with Crippen LogP contribution in [0.25, 0.3) is 0 Å². The first-order valence-electron chi connectivity index (χ1n) is 2.07. The fraction of sp³-hybridized carbons (Fsp3) is 0.250. The molecule has 1 unspecified atom stereocenters. The molecule has 44 valence electrons. The molecule has 0 aromatic rings. The van der Waals surface area contributed by atoms with Gasteiger partial charge in [-0.3, -0.25) is 4.79 Å². The third-order valence-electron chi connectivity index (χ3n) is 0.854. The highest BCUT2D eigenvalue weighted by Crippen LogP contribution is 2.06. The second-order valence-electron chi connectivity index (χ2n) is 1.42.